The average molecular weight is 414 g/mol. The van der Waals surface area contributed by atoms with E-state index in [1.807, 2.05) is 24.3 Å². The Hall–Kier alpha value is -2.10. The molecule has 0 aliphatic carbocycles. The van der Waals surface area contributed by atoms with Crippen LogP contribution in [-0.4, -0.2) is 23.5 Å². The second-order valence-electron chi connectivity index (χ2n) is 8.47. The fourth-order valence-electron chi connectivity index (χ4n) is 4.26. The smallest absolute Gasteiger partial charge is 0.329 e. The molecule has 4 nitrogen and oxygen atoms in total. The summed E-state index contributed by atoms with van der Waals surface area (Å²) in [6, 6.07) is 7.47. The lowest BCUT2D eigenvalue weighted by Gasteiger charge is -2.16. The van der Waals surface area contributed by atoms with Crippen LogP contribution in [0.1, 0.15) is 102 Å². The molecule has 0 atom stereocenters. The van der Waals surface area contributed by atoms with E-state index in [0.717, 1.165) is 30.2 Å². The van der Waals surface area contributed by atoms with E-state index in [1.165, 1.54) is 77.0 Å². The van der Waals surface area contributed by atoms with Gasteiger partial charge in [0.15, 0.2) is 0 Å². The van der Waals surface area contributed by atoms with Gasteiger partial charge < -0.3 is 10.0 Å². The maximum atomic E-state index is 12.7. The molecule has 2 rings (SSSR count). The molecule has 1 heterocycles. The lowest BCUT2D eigenvalue weighted by molar-refractivity contribution is -0.131. The number of hydrogen-bond acceptors (Lipinski definition) is 2. The molecule has 0 bridgehead atoms. The Balaban J connectivity index is 1.56. The van der Waals surface area contributed by atoms with E-state index >= 15 is 0 Å². The van der Waals surface area contributed by atoms with Crippen molar-refractivity contribution in [3.8, 4) is 0 Å². The Morgan fingerprint density at radius 3 is 1.87 bits per heavy atom. The Kier molecular flexibility index (Phi) is 11.3. The first kappa shape index (κ1) is 24.2. The van der Waals surface area contributed by atoms with E-state index in [9.17, 15) is 9.59 Å². The summed E-state index contributed by atoms with van der Waals surface area (Å²) in [4.78, 5) is 25.5. The van der Waals surface area contributed by atoms with Crippen molar-refractivity contribution in [2.75, 3.05) is 11.4 Å². The number of carboxylic acids is 1. The minimum absolute atomic E-state index is 0.187. The summed E-state index contributed by atoms with van der Waals surface area (Å²) in [6.45, 7) is 2.92. The zero-order valence-electron chi connectivity index (χ0n) is 18.7. The number of carbonyl (C=O) groups is 2. The van der Waals surface area contributed by atoms with Crippen LogP contribution in [0.25, 0.3) is 5.57 Å². The maximum Gasteiger partial charge on any atom is 0.329 e. The highest BCUT2D eigenvalue weighted by molar-refractivity contribution is 6.34. The van der Waals surface area contributed by atoms with Gasteiger partial charge in [0.25, 0.3) is 5.91 Å². The molecule has 4 heteroatoms. The van der Waals surface area contributed by atoms with E-state index in [1.54, 1.807) is 4.90 Å². The topological polar surface area (TPSA) is 57.6 Å². The van der Waals surface area contributed by atoms with Gasteiger partial charge in [-0.05, 0) is 12.5 Å². The molecule has 0 aromatic heterocycles. The van der Waals surface area contributed by atoms with Crippen molar-refractivity contribution < 1.29 is 14.7 Å². The quantitative estimate of drug-likeness (QED) is 0.235. The van der Waals surface area contributed by atoms with Gasteiger partial charge in [-0.1, -0.05) is 109 Å². The summed E-state index contributed by atoms with van der Waals surface area (Å²) in [7, 11) is 0. The maximum absolute atomic E-state index is 12.7. The third-order valence-corrected chi connectivity index (χ3v) is 5.96. The second-order valence-corrected chi connectivity index (χ2v) is 8.47. The number of anilines is 1. The number of benzene rings is 1. The van der Waals surface area contributed by atoms with E-state index < -0.39 is 5.97 Å². The fourth-order valence-corrected chi connectivity index (χ4v) is 4.26. The van der Waals surface area contributed by atoms with Crippen molar-refractivity contribution in [2.45, 2.75) is 96.8 Å². The molecule has 1 amide bonds. The minimum Gasteiger partial charge on any atom is -0.478 e. The van der Waals surface area contributed by atoms with Gasteiger partial charge in [0.1, 0.15) is 0 Å². The number of aliphatic carboxylic acids is 1. The number of carbonyl (C=O) groups excluding carboxylic acids is 1. The van der Waals surface area contributed by atoms with E-state index in [4.69, 9.17) is 5.11 Å². The highest BCUT2D eigenvalue weighted by atomic mass is 16.4. The highest BCUT2D eigenvalue weighted by Crippen LogP contribution is 2.36. The first-order valence-electron chi connectivity index (χ1n) is 12.0. The Bertz CT molecular complexity index is 695. The molecule has 30 heavy (non-hydrogen) atoms. The number of nitrogens with zero attached hydrogens (tertiary/aromatic N) is 1. The summed E-state index contributed by atoms with van der Waals surface area (Å²) in [5.74, 6) is -1.26. The van der Waals surface area contributed by atoms with Crippen LogP contribution in [0, 0.1) is 0 Å². The fraction of sp³-hybridized carbons (Fsp3) is 0.615. The Morgan fingerprint density at radius 2 is 1.33 bits per heavy atom. The third kappa shape index (κ3) is 7.97. The van der Waals surface area contributed by atoms with Crippen molar-refractivity contribution in [2.24, 2.45) is 0 Å². The third-order valence-electron chi connectivity index (χ3n) is 5.96. The normalized spacial score (nSPS) is 14.5. The van der Waals surface area contributed by atoms with Gasteiger partial charge in [-0.3, -0.25) is 4.79 Å². The zero-order valence-corrected chi connectivity index (χ0v) is 18.7. The van der Waals surface area contributed by atoms with Crippen LogP contribution in [0.2, 0.25) is 0 Å². The summed E-state index contributed by atoms with van der Waals surface area (Å²) >= 11 is 0. The number of fused-ring (bicyclic) bond motifs is 1. The van der Waals surface area contributed by atoms with Crippen LogP contribution < -0.4 is 4.90 Å². The van der Waals surface area contributed by atoms with Gasteiger partial charge in [0.2, 0.25) is 0 Å². The first-order chi connectivity index (χ1) is 14.6. The molecule has 0 fully saturated rings. The van der Waals surface area contributed by atoms with E-state index in [-0.39, 0.29) is 5.91 Å². The number of carboxylic acid groups (broad SMARTS) is 1. The number of rotatable bonds is 16. The van der Waals surface area contributed by atoms with Crippen LogP contribution in [0.3, 0.4) is 0 Å². The van der Waals surface area contributed by atoms with Crippen LogP contribution in [0.5, 0.6) is 0 Å². The van der Waals surface area contributed by atoms with E-state index in [2.05, 4.69) is 6.92 Å². The molecular weight excluding hydrogens is 374 g/mol. The lowest BCUT2D eigenvalue weighted by Crippen LogP contribution is -2.27. The van der Waals surface area contributed by atoms with Crippen molar-refractivity contribution >= 4 is 23.1 Å². The molecule has 1 aliphatic rings. The van der Waals surface area contributed by atoms with Gasteiger partial charge in [-0.15, -0.1) is 0 Å². The van der Waals surface area contributed by atoms with Crippen LogP contribution in [-0.2, 0) is 9.59 Å². The molecule has 1 aromatic rings. The first-order valence-corrected chi connectivity index (χ1v) is 12.0. The number of hydrogen-bond donors (Lipinski definition) is 1. The van der Waals surface area contributed by atoms with Gasteiger partial charge in [0.05, 0.1) is 11.3 Å². The molecule has 0 saturated carbocycles. The summed E-state index contributed by atoms with van der Waals surface area (Å²) < 4.78 is 0. The van der Waals surface area contributed by atoms with Crippen molar-refractivity contribution in [1.82, 2.24) is 0 Å². The minimum atomic E-state index is -1.08. The van der Waals surface area contributed by atoms with Crippen LogP contribution in [0.15, 0.2) is 30.3 Å². The van der Waals surface area contributed by atoms with Crippen molar-refractivity contribution in [1.29, 1.82) is 0 Å². The largest absolute Gasteiger partial charge is 0.478 e. The Morgan fingerprint density at radius 1 is 0.833 bits per heavy atom. The molecule has 0 saturated heterocycles. The van der Waals surface area contributed by atoms with Crippen LogP contribution >= 0.6 is 0 Å². The monoisotopic (exact) mass is 413 g/mol. The molecule has 0 spiro atoms. The van der Waals surface area contributed by atoms with E-state index in [0.29, 0.717) is 12.1 Å². The number of unbranched alkanes of at least 4 members (excludes halogenated alkanes) is 13. The van der Waals surface area contributed by atoms with Gasteiger partial charge in [-0.2, -0.15) is 0 Å². The molecule has 0 radical (unpaired) electrons. The SMILES string of the molecule is CCCCCCCCCCCCCCCCN1C(=O)/C(=C/C(=O)O)c2ccccc21. The molecular formula is C26H39NO3. The standard InChI is InChI=1S/C26H39NO3/c1-2-3-4-5-6-7-8-9-10-11-12-13-14-17-20-27-24-19-16-15-18-22(24)23(26(27)30)21-25(28)29/h15-16,18-19,21H,2-14,17,20H2,1H3,(H,28,29)/b23-21+. The molecule has 0 unspecified atom stereocenters. The van der Waals surface area contributed by atoms with Gasteiger partial charge in [0, 0.05) is 18.2 Å². The highest BCUT2D eigenvalue weighted by Gasteiger charge is 2.32. The summed E-state index contributed by atoms with van der Waals surface area (Å²) in [5, 5.41) is 9.06. The van der Waals surface area contributed by atoms with Gasteiger partial charge in [-0.25, -0.2) is 4.79 Å². The summed E-state index contributed by atoms with van der Waals surface area (Å²) in [5.41, 5.74) is 1.86. The number of para-hydroxylation sites is 1. The second kappa shape index (κ2) is 14.0. The summed E-state index contributed by atoms with van der Waals surface area (Å²) in [6.07, 6.45) is 19.3. The lowest BCUT2D eigenvalue weighted by atomic mass is 10.0. The molecule has 1 N–H and O–H groups in total. The number of amides is 1. The Labute approximate surface area is 182 Å². The van der Waals surface area contributed by atoms with Gasteiger partial charge >= 0.3 is 5.97 Å². The van der Waals surface area contributed by atoms with Crippen molar-refractivity contribution in [3.05, 3.63) is 35.9 Å². The van der Waals surface area contributed by atoms with Crippen LogP contribution in [0.4, 0.5) is 5.69 Å². The van der Waals surface area contributed by atoms with Crippen molar-refractivity contribution in [3.63, 3.8) is 0 Å². The predicted molar refractivity (Wildman–Crippen MR) is 125 cm³/mol. The molecule has 166 valence electrons. The molecule has 1 aromatic carbocycles. The predicted octanol–water partition coefficient (Wildman–Crippen LogP) is 6.98. The average Bonchev–Trinajstić information content (AvgIpc) is 2.99. The molecule has 1 aliphatic heterocycles. The zero-order chi connectivity index (χ0) is 21.6.